The van der Waals surface area contributed by atoms with Gasteiger partial charge in [-0.3, -0.25) is 9.58 Å². The molecule has 2 bridgehead atoms. The standard InChI is InChI=1S/C26H29BrClN5O2/c1-32-25(22(27)16-30-32)21-14-18(31-26(34)29-15-17-4-2-3-5-23(17)28)6-11-24(21)35-13-12-33-19-7-8-20(33)10-9-19/h2-6,11,14,16,19-20H,7-10,12-13,15H2,1H3,(H2,29,31,34). The van der Waals surface area contributed by atoms with Crippen molar-refractivity contribution in [2.24, 2.45) is 7.05 Å². The molecule has 2 aliphatic heterocycles. The van der Waals surface area contributed by atoms with E-state index in [0.29, 0.717) is 23.9 Å². The van der Waals surface area contributed by atoms with Crippen LogP contribution in [0.15, 0.2) is 53.1 Å². The number of amides is 2. The predicted molar refractivity (Wildman–Crippen MR) is 142 cm³/mol. The lowest BCUT2D eigenvalue weighted by atomic mass is 10.0. The number of rotatable bonds is 8. The first-order chi connectivity index (χ1) is 17.0. The van der Waals surface area contributed by atoms with Gasteiger partial charge in [0.25, 0.3) is 0 Å². The molecule has 2 aromatic carbocycles. The summed E-state index contributed by atoms with van der Waals surface area (Å²) in [5.74, 6) is 0.767. The Kier molecular flexibility index (Phi) is 7.32. The van der Waals surface area contributed by atoms with Crippen molar-refractivity contribution in [2.45, 2.75) is 44.3 Å². The first-order valence-electron chi connectivity index (χ1n) is 12.0. The lowest BCUT2D eigenvalue weighted by Gasteiger charge is -2.22. The maximum absolute atomic E-state index is 12.6. The third-order valence-corrected chi connectivity index (χ3v) is 7.94. The number of carbonyl (C=O) groups is 1. The van der Waals surface area contributed by atoms with Crippen LogP contribution in [0.1, 0.15) is 31.2 Å². The van der Waals surface area contributed by atoms with Gasteiger partial charge in [0, 0.05) is 48.5 Å². The van der Waals surface area contributed by atoms with Gasteiger partial charge in [-0.15, -0.1) is 0 Å². The maximum atomic E-state index is 12.6. The van der Waals surface area contributed by atoms with Crippen LogP contribution in [0.3, 0.4) is 0 Å². The molecule has 7 nitrogen and oxygen atoms in total. The molecular weight excluding hydrogens is 530 g/mol. The Morgan fingerprint density at radius 1 is 1.17 bits per heavy atom. The summed E-state index contributed by atoms with van der Waals surface area (Å²) in [6, 6.07) is 14.3. The quantitative estimate of drug-likeness (QED) is 0.365. The highest BCUT2D eigenvalue weighted by Crippen LogP contribution is 2.38. The minimum Gasteiger partial charge on any atom is -0.492 e. The fourth-order valence-corrected chi connectivity index (χ4v) is 6.04. The zero-order chi connectivity index (χ0) is 24.4. The van der Waals surface area contributed by atoms with E-state index < -0.39 is 0 Å². The van der Waals surface area contributed by atoms with Crippen LogP contribution in [0, 0.1) is 0 Å². The van der Waals surface area contributed by atoms with E-state index in [9.17, 15) is 4.79 Å². The number of urea groups is 1. The fourth-order valence-electron chi connectivity index (χ4n) is 5.27. The van der Waals surface area contributed by atoms with Crippen molar-refractivity contribution in [1.82, 2.24) is 20.0 Å². The van der Waals surface area contributed by atoms with Gasteiger partial charge in [-0.05, 0) is 71.4 Å². The Morgan fingerprint density at radius 2 is 1.91 bits per heavy atom. The second-order valence-electron chi connectivity index (χ2n) is 9.12. The largest absolute Gasteiger partial charge is 0.492 e. The number of halogens is 2. The first-order valence-corrected chi connectivity index (χ1v) is 13.2. The monoisotopic (exact) mass is 557 g/mol. The fraction of sp³-hybridized carbons (Fsp3) is 0.385. The molecule has 0 spiro atoms. The lowest BCUT2D eigenvalue weighted by molar-refractivity contribution is 0.194. The van der Waals surface area contributed by atoms with E-state index in [1.807, 2.05) is 49.5 Å². The van der Waals surface area contributed by atoms with Crippen molar-refractivity contribution in [3.63, 3.8) is 0 Å². The zero-order valence-corrected chi connectivity index (χ0v) is 22.0. The Hall–Kier alpha value is -2.55. The molecular formula is C26H29BrClN5O2. The minimum atomic E-state index is -0.307. The molecule has 0 saturated carbocycles. The molecule has 0 unspecified atom stereocenters. The summed E-state index contributed by atoms with van der Waals surface area (Å²) in [5, 5.41) is 10.8. The number of aryl methyl sites for hydroxylation is 1. The van der Waals surface area contributed by atoms with Gasteiger partial charge in [0.15, 0.2) is 0 Å². The lowest BCUT2D eigenvalue weighted by Crippen LogP contribution is -2.32. The van der Waals surface area contributed by atoms with Gasteiger partial charge in [0.05, 0.1) is 16.4 Å². The molecule has 0 radical (unpaired) electrons. The molecule has 184 valence electrons. The number of nitrogens with zero attached hydrogens (tertiary/aromatic N) is 3. The third-order valence-electron chi connectivity index (χ3n) is 7.00. The summed E-state index contributed by atoms with van der Waals surface area (Å²) >= 11 is 9.80. The van der Waals surface area contributed by atoms with Crippen molar-refractivity contribution in [3.8, 4) is 17.0 Å². The summed E-state index contributed by atoms with van der Waals surface area (Å²) in [5.41, 5.74) is 3.28. The summed E-state index contributed by atoms with van der Waals surface area (Å²) in [6.45, 7) is 1.90. The number of ether oxygens (including phenoxy) is 1. The minimum absolute atomic E-state index is 0.307. The van der Waals surface area contributed by atoms with E-state index >= 15 is 0 Å². The average Bonchev–Trinajstić information content (AvgIpc) is 3.53. The van der Waals surface area contributed by atoms with Crippen LogP contribution in [0.5, 0.6) is 5.75 Å². The highest BCUT2D eigenvalue weighted by Gasteiger charge is 2.38. The third kappa shape index (κ3) is 5.34. The number of fused-ring (bicyclic) bond motifs is 2. The van der Waals surface area contributed by atoms with Crippen LogP contribution in [0.2, 0.25) is 5.02 Å². The van der Waals surface area contributed by atoms with Crippen LogP contribution < -0.4 is 15.4 Å². The van der Waals surface area contributed by atoms with Crippen molar-refractivity contribution >= 4 is 39.2 Å². The van der Waals surface area contributed by atoms with E-state index in [1.54, 1.807) is 10.9 Å². The molecule has 5 rings (SSSR count). The summed E-state index contributed by atoms with van der Waals surface area (Å²) in [6.07, 6.45) is 7.03. The van der Waals surface area contributed by atoms with Crippen LogP contribution in [0.4, 0.5) is 10.5 Å². The second-order valence-corrected chi connectivity index (χ2v) is 10.4. The Labute approximate surface area is 218 Å². The Bertz CT molecular complexity index is 1180. The van der Waals surface area contributed by atoms with Gasteiger partial charge < -0.3 is 15.4 Å². The van der Waals surface area contributed by atoms with Gasteiger partial charge >= 0.3 is 6.03 Å². The molecule has 3 heterocycles. The van der Waals surface area contributed by atoms with E-state index in [1.165, 1.54) is 25.7 Å². The molecule has 2 N–H and O–H groups in total. The van der Waals surface area contributed by atoms with Gasteiger partial charge in [-0.1, -0.05) is 29.8 Å². The number of aromatic nitrogens is 2. The Morgan fingerprint density at radius 3 is 2.60 bits per heavy atom. The molecule has 0 aliphatic carbocycles. The van der Waals surface area contributed by atoms with Crippen LogP contribution in [0.25, 0.3) is 11.3 Å². The molecule has 2 fully saturated rings. The van der Waals surface area contributed by atoms with Crippen molar-refractivity contribution in [3.05, 3.63) is 63.7 Å². The summed E-state index contributed by atoms with van der Waals surface area (Å²) in [4.78, 5) is 15.2. The van der Waals surface area contributed by atoms with Crippen molar-refractivity contribution in [2.75, 3.05) is 18.5 Å². The molecule has 2 aliphatic rings. The number of anilines is 1. The van der Waals surface area contributed by atoms with E-state index in [-0.39, 0.29) is 6.03 Å². The maximum Gasteiger partial charge on any atom is 0.319 e. The van der Waals surface area contributed by atoms with Gasteiger partial charge in [-0.25, -0.2) is 4.79 Å². The number of hydrogen-bond donors (Lipinski definition) is 2. The summed E-state index contributed by atoms with van der Waals surface area (Å²) < 4.78 is 8.95. The number of benzene rings is 2. The topological polar surface area (TPSA) is 71.4 Å². The first kappa shape index (κ1) is 24.2. The van der Waals surface area contributed by atoms with E-state index in [2.05, 4.69) is 36.6 Å². The molecule has 2 saturated heterocycles. The average molecular weight is 559 g/mol. The van der Waals surface area contributed by atoms with Crippen LogP contribution >= 0.6 is 27.5 Å². The van der Waals surface area contributed by atoms with Crippen molar-refractivity contribution in [1.29, 1.82) is 0 Å². The molecule has 1 aromatic heterocycles. The van der Waals surface area contributed by atoms with E-state index in [4.69, 9.17) is 16.3 Å². The van der Waals surface area contributed by atoms with Gasteiger partial charge in [0.1, 0.15) is 12.4 Å². The predicted octanol–water partition coefficient (Wildman–Crippen LogP) is 5.83. The SMILES string of the molecule is Cn1ncc(Br)c1-c1cc(NC(=O)NCc2ccccc2Cl)ccc1OCCN1C2CCC1CC2. The highest BCUT2D eigenvalue weighted by atomic mass is 79.9. The number of carbonyl (C=O) groups excluding carboxylic acids is 1. The molecule has 35 heavy (non-hydrogen) atoms. The highest BCUT2D eigenvalue weighted by molar-refractivity contribution is 9.10. The number of hydrogen-bond acceptors (Lipinski definition) is 4. The van der Waals surface area contributed by atoms with Crippen LogP contribution in [-0.2, 0) is 13.6 Å². The van der Waals surface area contributed by atoms with Crippen molar-refractivity contribution < 1.29 is 9.53 Å². The normalized spacial score (nSPS) is 19.2. The zero-order valence-electron chi connectivity index (χ0n) is 19.6. The van der Waals surface area contributed by atoms with Gasteiger partial charge in [0.2, 0.25) is 0 Å². The molecule has 0 atom stereocenters. The second kappa shape index (κ2) is 10.6. The molecule has 2 amide bonds. The van der Waals surface area contributed by atoms with Crippen LogP contribution in [-0.4, -0.2) is 45.9 Å². The van der Waals surface area contributed by atoms with E-state index in [0.717, 1.165) is 45.7 Å². The Balaban J connectivity index is 1.29. The smallest absolute Gasteiger partial charge is 0.319 e. The molecule has 9 heteroatoms. The van der Waals surface area contributed by atoms with Gasteiger partial charge in [-0.2, -0.15) is 5.10 Å². The molecule has 3 aromatic rings. The summed E-state index contributed by atoms with van der Waals surface area (Å²) in [7, 11) is 1.89. The number of nitrogens with one attached hydrogen (secondary N) is 2.